The highest BCUT2D eigenvalue weighted by molar-refractivity contribution is 7.89. The van der Waals surface area contributed by atoms with Crippen LogP contribution in [0.3, 0.4) is 0 Å². The molecule has 94 valence electrons. The Hall–Kier alpha value is -1.05. The van der Waals surface area contributed by atoms with Gasteiger partial charge in [-0.3, -0.25) is 0 Å². The summed E-state index contributed by atoms with van der Waals surface area (Å²) in [6.07, 6.45) is 1.83. The van der Waals surface area contributed by atoms with E-state index in [1.54, 1.807) is 13.0 Å². The predicted molar refractivity (Wildman–Crippen MR) is 63.0 cm³/mol. The van der Waals surface area contributed by atoms with Gasteiger partial charge in [-0.1, -0.05) is 0 Å². The lowest BCUT2D eigenvalue weighted by Crippen LogP contribution is -2.45. The highest BCUT2D eigenvalue weighted by Gasteiger charge is 2.22. The normalized spacial score (nSPS) is 21.4. The van der Waals surface area contributed by atoms with Crippen molar-refractivity contribution in [2.24, 2.45) is 0 Å². The maximum absolute atomic E-state index is 12.0. The highest BCUT2D eigenvalue weighted by Crippen LogP contribution is 2.08. The Labute approximate surface area is 101 Å². The molecule has 0 aromatic carbocycles. The average Bonchev–Trinajstić information content (AvgIpc) is 2.30. The summed E-state index contributed by atoms with van der Waals surface area (Å²) in [6, 6.07) is 3.05. The molecule has 2 rings (SSSR count). The van der Waals surface area contributed by atoms with Crippen LogP contribution in [-0.4, -0.2) is 37.7 Å². The van der Waals surface area contributed by atoms with Crippen molar-refractivity contribution in [3.05, 3.63) is 17.8 Å². The van der Waals surface area contributed by atoms with Gasteiger partial charge >= 0.3 is 0 Å². The van der Waals surface area contributed by atoms with E-state index in [0.717, 1.165) is 19.4 Å². The predicted octanol–water partition coefficient (Wildman–Crippen LogP) is -0.185. The molecule has 17 heavy (non-hydrogen) atoms. The lowest BCUT2D eigenvalue weighted by molar-refractivity contribution is 0.428. The monoisotopic (exact) mass is 256 g/mol. The van der Waals surface area contributed by atoms with Gasteiger partial charge in [0.05, 0.1) is 5.69 Å². The van der Waals surface area contributed by atoms with Gasteiger partial charge in [0.2, 0.25) is 0 Å². The molecule has 2 heterocycles. The second-order valence-corrected chi connectivity index (χ2v) is 5.84. The Balaban J connectivity index is 2.10. The van der Waals surface area contributed by atoms with Crippen LogP contribution in [0.1, 0.15) is 18.5 Å². The summed E-state index contributed by atoms with van der Waals surface area (Å²) in [5, 5.41) is 10.6. The van der Waals surface area contributed by atoms with Gasteiger partial charge in [-0.2, -0.15) is 5.10 Å². The van der Waals surface area contributed by atoms with E-state index in [1.165, 1.54) is 6.07 Å². The van der Waals surface area contributed by atoms with Crippen LogP contribution in [0.25, 0.3) is 0 Å². The average molecular weight is 256 g/mol. The number of aryl methyl sites for hydroxylation is 1. The number of aromatic nitrogens is 2. The van der Waals surface area contributed by atoms with Crippen molar-refractivity contribution >= 4 is 10.0 Å². The van der Waals surface area contributed by atoms with Gasteiger partial charge in [-0.15, -0.1) is 5.10 Å². The molecule has 1 saturated heterocycles. The Morgan fingerprint density at radius 3 is 2.82 bits per heavy atom. The molecule has 6 nitrogen and oxygen atoms in total. The van der Waals surface area contributed by atoms with Crippen LogP contribution >= 0.6 is 0 Å². The van der Waals surface area contributed by atoms with Crippen molar-refractivity contribution in [2.75, 3.05) is 13.1 Å². The molecule has 0 amide bonds. The summed E-state index contributed by atoms with van der Waals surface area (Å²) < 4.78 is 26.6. The minimum absolute atomic E-state index is 0.0197. The fourth-order valence-corrected chi connectivity index (χ4v) is 2.92. The molecule has 1 unspecified atom stereocenters. The van der Waals surface area contributed by atoms with Gasteiger partial charge in [0, 0.05) is 12.6 Å². The summed E-state index contributed by atoms with van der Waals surface area (Å²) in [5.41, 5.74) is 0.697. The van der Waals surface area contributed by atoms with E-state index in [4.69, 9.17) is 0 Å². The molecule has 1 atom stereocenters. The fraction of sp³-hybridized carbons (Fsp3) is 0.600. The summed E-state index contributed by atoms with van der Waals surface area (Å²) in [5.74, 6) is 0. The lowest BCUT2D eigenvalue weighted by atomic mass is 10.1. The van der Waals surface area contributed by atoms with Crippen LogP contribution in [0.15, 0.2) is 17.2 Å². The van der Waals surface area contributed by atoms with E-state index in [2.05, 4.69) is 20.2 Å². The van der Waals surface area contributed by atoms with E-state index in [-0.39, 0.29) is 11.1 Å². The number of hydrogen-bond donors (Lipinski definition) is 2. The molecule has 1 aromatic rings. The first kappa shape index (κ1) is 12.4. The molecular weight excluding hydrogens is 240 g/mol. The second kappa shape index (κ2) is 5.07. The van der Waals surface area contributed by atoms with Crippen LogP contribution in [-0.2, 0) is 10.0 Å². The third-order valence-electron chi connectivity index (χ3n) is 2.67. The first-order valence-electron chi connectivity index (χ1n) is 5.61. The quantitative estimate of drug-likeness (QED) is 0.783. The molecule has 0 bridgehead atoms. The lowest BCUT2D eigenvalue weighted by Gasteiger charge is -2.23. The minimum Gasteiger partial charge on any atom is -0.315 e. The molecule has 0 spiro atoms. The first-order valence-corrected chi connectivity index (χ1v) is 7.09. The maximum atomic E-state index is 12.0. The smallest absolute Gasteiger partial charge is 0.260 e. The SMILES string of the molecule is Cc1ccc(S(=O)(=O)NC2CCCNC2)nn1. The number of rotatable bonds is 3. The molecule has 1 fully saturated rings. The Kier molecular flexibility index (Phi) is 3.70. The maximum Gasteiger partial charge on any atom is 0.260 e. The van der Waals surface area contributed by atoms with E-state index >= 15 is 0 Å². The van der Waals surface area contributed by atoms with Crippen molar-refractivity contribution in [1.82, 2.24) is 20.2 Å². The van der Waals surface area contributed by atoms with Crippen LogP contribution in [0, 0.1) is 6.92 Å². The Morgan fingerprint density at radius 2 is 2.24 bits per heavy atom. The number of nitrogens with one attached hydrogen (secondary N) is 2. The molecule has 1 aliphatic heterocycles. The molecular formula is C10H16N4O2S. The molecule has 0 radical (unpaired) electrons. The number of piperidine rings is 1. The standard InChI is InChI=1S/C10H16N4O2S/c1-8-4-5-10(13-12-8)17(15,16)14-9-3-2-6-11-7-9/h4-5,9,11,14H,2-3,6-7H2,1H3. The Bertz CT molecular complexity index is 466. The van der Waals surface area contributed by atoms with Gasteiger partial charge in [-0.25, -0.2) is 13.1 Å². The Morgan fingerprint density at radius 1 is 1.41 bits per heavy atom. The van der Waals surface area contributed by atoms with Crippen molar-refractivity contribution in [3.63, 3.8) is 0 Å². The molecule has 0 aliphatic carbocycles. The summed E-state index contributed by atoms with van der Waals surface area (Å²) in [6.45, 7) is 3.38. The van der Waals surface area contributed by atoms with Gasteiger partial charge in [0.1, 0.15) is 0 Å². The molecule has 7 heteroatoms. The largest absolute Gasteiger partial charge is 0.315 e. The number of nitrogens with zero attached hydrogens (tertiary/aromatic N) is 2. The van der Waals surface area contributed by atoms with Crippen LogP contribution in [0.4, 0.5) is 0 Å². The molecule has 0 saturated carbocycles. The van der Waals surface area contributed by atoms with E-state index in [0.29, 0.717) is 12.2 Å². The number of hydrogen-bond acceptors (Lipinski definition) is 5. The van der Waals surface area contributed by atoms with Crippen LogP contribution in [0.5, 0.6) is 0 Å². The topological polar surface area (TPSA) is 84.0 Å². The van der Waals surface area contributed by atoms with Crippen molar-refractivity contribution in [2.45, 2.75) is 30.8 Å². The van der Waals surface area contributed by atoms with Gasteiger partial charge in [0.15, 0.2) is 5.03 Å². The zero-order chi connectivity index (χ0) is 12.3. The van der Waals surface area contributed by atoms with Gasteiger partial charge in [0.25, 0.3) is 10.0 Å². The summed E-state index contributed by atoms with van der Waals surface area (Å²) >= 11 is 0. The molecule has 1 aliphatic rings. The summed E-state index contributed by atoms with van der Waals surface area (Å²) in [7, 11) is -3.54. The van der Waals surface area contributed by atoms with Crippen molar-refractivity contribution in [3.8, 4) is 0 Å². The number of sulfonamides is 1. The summed E-state index contributed by atoms with van der Waals surface area (Å²) in [4.78, 5) is 0. The van der Waals surface area contributed by atoms with Gasteiger partial charge in [-0.05, 0) is 38.4 Å². The fourth-order valence-electron chi connectivity index (χ4n) is 1.76. The van der Waals surface area contributed by atoms with E-state index in [1.807, 2.05) is 0 Å². The van der Waals surface area contributed by atoms with Crippen molar-refractivity contribution < 1.29 is 8.42 Å². The van der Waals surface area contributed by atoms with Crippen LogP contribution in [0.2, 0.25) is 0 Å². The highest BCUT2D eigenvalue weighted by atomic mass is 32.2. The van der Waals surface area contributed by atoms with Gasteiger partial charge < -0.3 is 5.32 Å². The zero-order valence-corrected chi connectivity index (χ0v) is 10.5. The zero-order valence-electron chi connectivity index (χ0n) is 9.68. The van der Waals surface area contributed by atoms with Crippen LogP contribution < -0.4 is 10.0 Å². The first-order chi connectivity index (χ1) is 8.08. The molecule has 2 N–H and O–H groups in total. The van der Waals surface area contributed by atoms with Crippen molar-refractivity contribution in [1.29, 1.82) is 0 Å². The molecule has 1 aromatic heterocycles. The van der Waals surface area contributed by atoms with E-state index in [9.17, 15) is 8.42 Å². The minimum atomic E-state index is -3.54. The third-order valence-corrected chi connectivity index (χ3v) is 4.08. The second-order valence-electron chi connectivity index (χ2n) is 4.18. The third kappa shape index (κ3) is 3.21. The van der Waals surface area contributed by atoms with E-state index < -0.39 is 10.0 Å².